The van der Waals surface area contributed by atoms with Gasteiger partial charge in [-0.3, -0.25) is 0 Å². The molecule has 1 aliphatic carbocycles. The molecule has 0 amide bonds. The van der Waals surface area contributed by atoms with E-state index in [-0.39, 0.29) is 0 Å². The first-order chi connectivity index (χ1) is 6.65. The predicted octanol–water partition coefficient (Wildman–Crippen LogP) is 3.16. The molecule has 14 heavy (non-hydrogen) atoms. The Balaban J connectivity index is 2.70. The van der Waals surface area contributed by atoms with Gasteiger partial charge in [-0.05, 0) is 31.6 Å². The van der Waals surface area contributed by atoms with Gasteiger partial charge in [0.05, 0.1) is 0 Å². The standard InChI is InChI=1S/C12H23NS/c1-3-10-7-8-11(13)6-4-5-9(2)12(10)14/h7,9,11-12,14H,3-6,8,13H2,1-2H3/b10-7+. The summed E-state index contributed by atoms with van der Waals surface area (Å²) in [6, 6.07) is 0.363. The predicted molar refractivity (Wildman–Crippen MR) is 66.8 cm³/mol. The van der Waals surface area contributed by atoms with Crippen LogP contribution in [0.2, 0.25) is 0 Å². The molecule has 0 spiro atoms. The largest absolute Gasteiger partial charge is 0.327 e. The number of thiol groups is 1. The van der Waals surface area contributed by atoms with Gasteiger partial charge in [-0.2, -0.15) is 12.6 Å². The van der Waals surface area contributed by atoms with Crippen molar-refractivity contribution in [3.05, 3.63) is 11.6 Å². The molecule has 2 heteroatoms. The van der Waals surface area contributed by atoms with Gasteiger partial charge in [-0.15, -0.1) is 0 Å². The maximum absolute atomic E-state index is 6.01. The summed E-state index contributed by atoms with van der Waals surface area (Å²) in [7, 11) is 0. The van der Waals surface area contributed by atoms with Gasteiger partial charge in [0.2, 0.25) is 0 Å². The molecule has 0 aromatic carbocycles. The van der Waals surface area contributed by atoms with E-state index in [1.165, 1.54) is 24.8 Å². The molecule has 82 valence electrons. The van der Waals surface area contributed by atoms with Crippen LogP contribution >= 0.6 is 12.6 Å². The number of hydrogen-bond acceptors (Lipinski definition) is 2. The molecule has 0 bridgehead atoms. The third-order valence-corrected chi connectivity index (χ3v) is 4.08. The highest BCUT2D eigenvalue weighted by molar-refractivity contribution is 7.81. The van der Waals surface area contributed by atoms with Gasteiger partial charge >= 0.3 is 0 Å². The fraction of sp³-hybridized carbons (Fsp3) is 0.833. The van der Waals surface area contributed by atoms with Crippen LogP contribution < -0.4 is 5.73 Å². The van der Waals surface area contributed by atoms with E-state index in [0.717, 1.165) is 12.8 Å². The third kappa shape index (κ3) is 3.32. The molecule has 0 fully saturated rings. The van der Waals surface area contributed by atoms with Crippen molar-refractivity contribution in [2.24, 2.45) is 11.7 Å². The Morgan fingerprint density at radius 1 is 1.50 bits per heavy atom. The molecule has 0 radical (unpaired) electrons. The summed E-state index contributed by atoms with van der Waals surface area (Å²) < 4.78 is 0. The lowest BCUT2D eigenvalue weighted by Crippen LogP contribution is -2.18. The summed E-state index contributed by atoms with van der Waals surface area (Å²) in [5, 5.41) is 0.449. The zero-order chi connectivity index (χ0) is 10.6. The van der Waals surface area contributed by atoms with Crippen molar-refractivity contribution in [2.45, 2.75) is 57.2 Å². The van der Waals surface area contributed by atoms with Crippen LogP contribution in [-0.4, -0.2) is 11.3 Å². The van der Waals surface area contributed by atoms with Gasteiger partial charge in [0.25, 0.3) is 0 Å². The van der Waals surface area contributed by atoms with Crippen LogP contribution in [0.1, 0.15) is 46.0 Å². The van der Waals surface area contributed by atoms with E-state index in [9.17, 15) is 0 Å². The lowest BCUT2D eigenvalue weighted by atomic mass is 9.94. The van der Waals surface area contributed by atoms with E-state index >= 15 is 0 Å². The van der Waals surface area contributed by atoms with E-state index in [4.69, 9.17) is 18.4 Å². The van der Waals surface area contributed by atoms with Crippen LogP contribution in [0, 0.1) is 5.92 Å². The first-order valence-electron chi connectivity index (χ1n) is 5.77. The van der Waals surface area contributed by atoms with E-state index < -0.39 is 0 Å². The van der Waals surface area contributed by atoms with Crippen molar-refractivity contribution in [2.75, 3.05) is 0 Å². The minimum absolute atomic E-state index is 0.363. The molecule has 0 aromatic heterocycles. The van der Waals surface area contributed by atoms with Crippen molar-refractivity contribution < 1.29 is 0 Å². The fourth-order valence-electron chi connectivity index (χ4n) is 2.12. The van der Waals surface area contributed by atoms with E-state index in [1.54, 1.807) is 0 Å². The second-order valence-electron chi connectivity index (χ2n) is 4.48. The van der Waals surface area contributed by atoms with E-state index in [1.807, 2.05) is 0 Å². The summed E-state index contributed by atoms with van der Waals surface area (Å²) in [4.78, 5) is 0. The van der Waals surface area contributed by atoms with Gasteiger partial charge < -0.3 is 5.73 Å². The molecule has 1 aliphatic rings. The Bertz CT molecular complexity index is 200. The first kappa shape index (κ1) is 12.1. The molecule has 0 heterocycles. The molecule has 0 aromatic rings. The van der Waals surface area contributed by atoms with Gasteiger partial charge in [-0.25, -0.2) is 0 Å². The Kier molecular flexibility index (Phi) is 5.04. The van der Waals surface area contributed by atoms with Gasteiger partial charge in [-0.1, -0.05) is 31.9 Å². The molecule has 0 saturated heterocycles. The quantitative estimate of drug-likeness (QED) is 0.508. The zero-order valence-electron chi connectivity index (χ0n) is 9.37. The van der Waals surface area contributed by atoms with Gasteiger partial charge in [0.1, 0.15) is 0 Å². The average molecular weight is 213 g/mol. The number of rotatable bonds is 1. The van der Waals surface area contributed by atoms with Crippen LogP contribution in [0.4, 0.5) is 0 Å². The highest BCUT2D eigenvalue weighted by Gasteiger charge is 2.18. The summed E-state index contributed by atoms with van der Waals surface area (Å²) >= 11 is 4.72. The smallest absolute Gasteiger partial charge is 0.0251 e. The lowest BCUT2D eigenvalue weighted by Gasteiger charge is -2.20. The second-order valence-corrected chi connectivity index (χ2v) is 5.04. The molecule has 1 nitrogen and oxygen atoms in total. The van der Waals surface area contributed by atoms with E-state index in [0.29, 0.717) is 17.2 Å². The molecule has 2 N–H and O–H groups in total. The van der Waals surface area contributed by atoms with Crippen LogP contribution in [0.25, 0.3) is 0 Å². The Morgan fingerprint density at radius 3 is 2.86 bits per heavy atom. The maximum atomic E-state index is 6.01. The number of hydrogen-bond donors (Lipinski definition) is 2. The minimum atomic E-state index is 0.363. The van der Waals surface area contributed by atoms with Crippen molar-refractivity contribution in [1.82, 2.24) is 0 Å². The van der Waals surface area contributed by atoms with Crippen LogP contribution in [-0.2, 0) is 0 Å². The molecule has 1 rings (SSSR count). The Morgan fingerprint density at radius 2 is 2.21 bits per heavy atom. The Hall–Kier alpha value is 0.0500. The van der Waals surface area contributed by atoms with Gasteiger partial charge in [0.15, 0.2) is 0 Å². The minimum Gasteiger partial charge on any atom is -0.327 e. The normalized spacial score (nSPS) is 39.1. The number of nitrogens with two attached hydrogens (primary N) is 1. The average Bonchev–Trinajstić information content (AvgIpc) is 2.22. The monoisotopic (exact) mass is 213 g/mol. The lowest BCUT2D eigenvalue weighted by molar-refractivity contribution is 0.485. The topological polar surface area (TPSA) is 26.0 Å². The maximum Gasteiger partial charge on any atom is 0.0251 e. The van der Waals surface area contributed by atoms with Gasteiger partial charge in [0, 0.05) is 11.3 Å². The highest BCUT2D eigenvalue weighted by Crippen LogP contribution is 2.27. The second kappa shape index (κ2) is 5.82. The Labute approximate surface area is 93.6 Å². The molecular formula is C12H23NS. The van der Waals surface area contributed by atoms with Crippen LogP contribution in [0.15, 0.2) is 11.6 Å². The molecule has 0 saturated carbocycles. The van der Waals surface area contributed by atoms with Crippen LogP contribution in [0.5, 0.6) is 0 Å². The fourth-order valence-corrected chi connectivity index (χ4v) is 2.56. The van der Waals surface area contributed by atoms with Crippen molar-refractivity contribution in [1.29, 1.82) is 0 Å². The third-order valence-electron chi connectivity index (χ3n) is 3.24. The van der Waals surface area contributed by atoms with Crippen molar-refractivity contribution in [3.63, 3.8) is 0 Å². The molecule has 3 atom stereocenters. The summed E-state index contributed by atoms with van der Waals surface area (Å²) in [5.41, 5.74) is 7.50. The summed E-state index contributed by atoms with van der Waals surface area (Å²) in [6.45, 7) is 4.52. The van der Waals surface area contributed by atoms with Crippen molar-refractivity contribution >= 4 is 12.6 Å². The SMILES string of the molecule is CC/C1=C\CC(N)CCCC(C)C1S. The summed E-state index contributed by atoms with van der Waals surface area (Å²) in [6.07, 6.45) is 8.16. The molecular weight excluding hydrogens is 190 g/mol. The van der Waals surface area contributed by atoms with Crippen molar-refractivity contribution in [3.8, 4) is 0 Å². The zero-order valence-corrected chi connectivity index (χ0v) is 10.3. The molecule has 0 aliphatic heterocycles. The van der Waals surface area contributed by atoms with E-state index in [2.05, 4.69) is 19.9 Å². The molecule has 3 unspecified atom stereocenters. The van der Waals surface area contributed by atoms with Crippen LogP contribution in [0.3, 0.4) is 0 Å². The highest BCUT2D eigenvalue weighted by atomic mass is 32.1. The summed E-state index contributed by atoms with van der Waals surface area (Å²) in [5.74, 6) is 0.690. The first-order valence-corrected chi connectivity index (χ1v) is 6.29.